The van der Waals surface area contributed by atoms with E-state index in [2.05, 4.69) is 20.3 Å². The van der Waals surface area contributed by atoms with E-state index in [1.807, 2.05) is 50.2 Å². The van der Waals surface area contributed by atoms with Crippen LogP contribution < -0.4 is 0 Å². The van der Waals surface area contributed by atoms with E-state index in [9.17, 15) is 8.42 Å². The van der Waals surface area contributed by atoms with Crippen LogP contribution in [-0.2, 0) is 9.84 Å². The maximum Gasteiger partial charge on any atom is 0.227 e. The molecule has 0 aliphatic rings. The Hall–Kier alpha value is -3.65. The number of rotatable bonds is 3. The average molecular weight is 415 g/mol. The highest BCUT2D eigenvalue weighted by molar-refractivity contribution is 7.91. The molecule has 2 aromatic carbocycles. The van der Waals surface area contributed by atoms with Crippen LogP contribution in [0.5, 0.6) is 0 Å². The second kappa shape index (κ2) is 6.70. The molecule has 3 aromatic heterocycles. The van der Waals surface area contributed by atoms with Crippen LogP contribution in [0.15, 0.2) is 76.7 Å². The minimum Gasteiger partial charge on any atom is -0.232 e. The van der Waals surface area contributed by atoms with E-state index in [-0.39, 0.29) is 9.92 Å². The summed E-state index contributed by atoms with van der Waals surface area (Å²) in [5.74, 6) is 0. The summed E-state index contributed by atoms with van der Waals surface area (Å²) in [6.07, 6.45) is 0. The first kappa shape index (κ1) is 18.4. The zero-order valence-corrected chi connectivity index (χ0v) is 17.1. The zero-order valence-electron chi connectivity index (χ0n) is 16.3. The van der Waals surface area contributed by atoms with E-state index in [0.717, 1.165) is 16.6 Å². The molecule has 0 saturated carbocycles. The summed E-state index contributed by atoms with van der Waals surface area (Å²) < 4.78 is 28.4. The van der Waals surface area contributed by atoms with Crippen LogP contribution in [0.1, 0.15) is 11.3 Å². The van der Waals surface area contributed by atoms with Gasteiger partial charge in [0.1, 0.15) is 5.69 Å². The van der Waals surface area contributed by atoms with Gasteiger partial charge >= 0.3 is 0 Å². The molecule has 0 saturated heterocycles. The number of pyridine rings is 1. The van der Waals surface area contributed by atoms with Gasteiger partial charge in [-0.05, 0) is 37.6 Å². The molecule has 7 nitrogen and oxygen atoms in total. The third kappa shape index (κ3) is 2.76. The second-order valence-electron chi connectivity index (χ2n) is 7.05. The van der Waals surface area contributed by atoms with Gasteiger partial charge in [-0.1, -0.05) is 48.5 Å². The Morgan fingerprint density at radius 3 is 2.23 bits per heavy atom. The molecule has 0 spiro atoms. The molecule has 5 rings (SSSR count). The Morgan fingerprint density at radius 1 is 0.867 bits per heavy atom. The van der Waals surface area contributed by atoms with Gasteiger partial charge in [-0.2, -0.15) is 0 Å². The van der Waals surface area contributed by atoms with Gasteiger partial charge in [-0.3, -0.25) is 0 Å². The summed E-state index contributed by atoms with van der Waals surface area (Å²) >= 11 is 0. The molecule has 0 aliphatic carbocycles. The summed E-state index contributed by atoms with van der Waals surface area (Å²) in [7, 11) is -3.92. The highest BCUT2D eigenvalue weighted by Crippen LogP contribution is 2.32. The Kier molecular flexibility index (Phi) is 4.11. The number of hydrogen-bond donors (Lipinski definition) is 0. The van der Waals surface area contributed by atoms with Crippen LogP contribution in [0.3, 0.4) is 0 Å². The van der Waals surface area contributed by atoms with Crippen LogP contribution in [0.25, 0.3) is 27.9 Å². The Bertz CT molecular complexity index is 1510. The SMILES string of the molecule is Cc1cc(C)c2c(n1)nn1c(-c3ccccc3)c(S(=O)(=O)c3ccccc3)nnc21. The van der Waals surface area contributed by atoms with Crippen molar-refractivity contribution >= 4 is 26.5 Å². The molecule has 0 N–H and O–H groups in total. The normalized spacial score (nSPS) is 11.9. The molecule has 0 fully saturated rings. The number of benzene rings is 2. The topological polar surface area (TPSA) is 90.1 Å². The Morgan fingerprint density at radius 2 is 1.53 bits per heavy atom. The van der Waals surface area contributed by atoms with Crippen molar-refractivity contribution in [3.63, 3.8) is 0 Å². The van der Waals surface area contributed by atoms with E-state index in [0.29, 0.717) is 22.6 Å². The van der Waals surface area contributed by atoms with Crippen molar-refractivity contribution in [1.29, 1.82) is 0 Å². The van der Waals surface area contributed by atoms with Crippen molar-refractivity contribution in [2.24, 2.45) is 0 Å². The van der Waals surface area contributed by atoms with Crippen molar-refractivity contribution in [2.75, 3.05) is 0 Å². The third-order valence-corrected chi connectivity index (χ3v) is 6.63. The summed E-state index contributed by atoms with van der Waals surface area (Å²) in [5.41, 5.74) is 3.80. The molecule has 0 unspecified atom stereocenters. The molecule has 0 aliphatic heterocycles. The number of fused-ring (bicyclic) bond motifs is 3. The average Bonchev–Trinajstić information content (AvgIpc) is 3.12. The Balaban J connectivity index is 1.93. The van der Waals surface area contributed by atoms with Crippen LogP contribution >= 0.6 is 0 Å². The maximum absolute atomic E-state index is 13.4. The number of nitrogens with zero attached hydrogens (tertiary/aromatic N) is 5. The molecular weight excluding hydrogens is 398 g/mol. The monoisotopic (exact) mass is 415 g/mol. The third-order valence-electron chi connectivity index (χ3n) is 4.95. The van der Waals surface area contributed by atoms with Gasteiger partial charge < -0.3 is 0 Å². The predicted molar refractivity (Wildman–Crippen MR) is 113 cm³/mol. The lowest BCUT2D eigenvalue weighted by molar-refractivity contribution is 0.589. The van der Waals surface area contributed by atoms with E-state index in [1.165, 1.54) is 0 Å². The fourth-order valence-corrected chi connectivity index (χ4v) is 4.97. The number of aryl methyl sites for hydroxylation is 2. The molecule has 5 aromatic rings. The molecule has 0 radical (unpaired) electrons. The van der Waals surface area contributed by atoms with Crippen molar-refractivity contribution < 1.29 is 8.42 Å². The smallest absolute Gasteiger partial charge is 0.227 e. The van der Waals surface area contributed by atoms with Crippen molar-refractivity contribution in [1.82, 2.24) is 24.8 Å². The van der Waals surface area contributed by atoms with Crippen LogP contribution in [-0.4, -0.2) is 33.2 Å². The van der Waals surface area contributed by atoms with Gasteiger partial charge in [0, 0.05) is 11.3 Å². The van der Waals surface area contributed by atoms with Crippen LogP contribution in [0, 0.1) is 13.8 Å². The maximum atomic E-state index is 13.4. The van der Waals surface area contributed by atoms with E-state index in [1.54, 1.807) is 34.8 Å². The number of hydrogen-bond acceptors (Lipinski definition) is 6. The van der Waals surface area contributed by atoms with E-state index in [4.69, 9.17) is 0 Å². The first-order valence-corrected chi connectivity index (χ1v) is 10.8. The first-order chi connectivity index (χ1) is 14.5. The predicted octanol–water partition coefficient (Wildman–Crippen LogP) is 3.79. The van der Waals surface area contributed by atoms with Crippen molar-refractivity contribution in [2.45, 2.75) is 23.8 Å². The molecular formula is C22H17N5O2S. The molecule has 0 atom stereocenters. The van der Waals surface area contributed by atoms with E-state index < -0.39 is 9.84 Å². The van der Waals surface area contributed by atoms with Gasteiger partial charge in [0.15, 0.2) is 11.3 Å². The second-order valence-corrected chi connectivity index (χ2v) is 8.92. The lowest BCUT2D eigenvalue weighted by Crippen LogP contribution is -2.12. The number of sulfone groups is 1. The lowest BCUT2D eigenvalue weighted by atomic mass is 10.1. The van der Waals surface area contributed by atoms with Gasteiger partial charge in [0.2, 0.25) is 14.9 Å². The highest BCUT2D eigenvalue weighted by atomic mass is 32.2. The fourth-order valence-electron chi connectivity index (χ4n) is 3.63. The lowest BCUT2D eigenvalue weighted by Gasteiger charge is -2.11. The fraction of sp³-hybridized carbons (Fsp3) is 0.0909. The molecule has 0 bridgehead atoms. The quantitative estimate of drug-likeness (QED) is 0.445. The summed E-state index contributed by atoms with van der Waals surface area (Å²) in [6, 6.07) is 19.4. The summed E-state index contributed by atoms with van der Waals surface area (Å²) in [6.45, 7) is 3.85. The standard InChI is InChI=1S/C22H17N5O2S/c1-14-13-15(2)23-20-18(14)21-24-25-22(30(28,29)17-11-7-4-8-12-17)19(27(21)26-20)16-9-5-3-6-10-16/h3-13H,1-2H3. The van der Waals surface area contributed by atoms with Crippen LogP contribution in [0.2, 0.25) is 0 Å². The van der Waals surface area contributed by atoms with Gasteiger partial charge in [0.25, 0.3) is 0 Å². The van der Waals surface area contributed by atoms with Gasteiger partial charge in [-0.15, -0.1) is 15.3 Å². The van der Waals surface area contributed by atoms with E-state index >= 15 is 0 Å². The zero-order chi connectivity index (χ0) is 20.9. The van der Waals surface area contributed by atoms with Crippen molar-refractivity contribution in [3.8, 4) is 11.3 Å². The first-order valence-electron chi connectivity index (χ1n) is 9.36. The molecule has 148 valence electrons. The molecule has 30 heavy (non-hydrogen) atoms. The molecule has 0 amide bonds. The Labute approximate surface area is 173 Å². The molecule has 3 heterocycles. The highest BCUT2D eigenvalue weighted by Gasteiger charge is 2.28. The minimum atomic E-state index is -3.92. The summed E-state index contributed by atoms with van der Waals surface area (Å²) in [5, 5.41) is 13.7. The molecule has 8 heteroatoms. The minimum absolute atomic E-state index is 0.144. The van der Waals surface area contributed by atoms with Gasteiger partial charge in [-0.25, -0.2) is 17.9 Å². The summed E-state index contributed by atoms with van der Waals surface area (Å²) in [4.78, 5) is 4.66. The van der Waals surface area contributed by atoms with Crippen LogP contribution in [0.4, 0.5) is 0 Å². The van der Waals surface area contributed by atoms with Gasteiger partial charge in [0.05, 0.1) is 10.3 Å². The largest absolute Gasteiger partial charge is 0.232 e. The van der Waals surface area contributed by atoms with Crippen molar-refractivity contribution in [3.05, 3.63) is 78.0 Å². The number of aromatic nitrogens is 5.